The SMILES string of the molecule is COC(=O)c1cc(C(C)Br)ccc1Br. The molecule has 0 aliphatic heterocycles. The Kier molecular flexibility index (Phi) is 4.13. The van der Waals surface area contributed by atoms with Crippen molar-refractivity contribution in [2.24, 2.45) is 0 Å². The monoisotopic (exact) mass is 320 g/mol. The highest BCUT2D eigenvalue weighted by Crippen LogP contribution is 2.26. The van der Waals surface area contributed by atoms with Crippen LogP contribution in [0.25, 0.3) is 0 Å². The number of carbonyl (C=O) groups excluding carboxylic acids is 1. The maximum atomic E-state index is 11.3. The molecule has 1 atom stereocenters. The molecule has 0 aliphatic rings. The maximum Gasteiger partial charge on any atom is 0.339 e. The van der Waals surface area contributed by atoms with Crippen molar-refractivity contribution in [3.63, 3.8) is 0 Å². The minimum absolute atomic E-state index is 0.221. The molecule has 14 heavy (non-hydrogen) atoms. The molecule has 1 unspecified atom stereocenters. The molecule has 0 saturated heterocycles. The summed E-state index contributed by atoms with van der Waals surface area (Å²) < 4.78 is 5.42. The minimum Gasteiger partial charge on any atom is -0.465 e. The lowest BCUT2D eigenvalue weighted by Crippen LogP contribution is -2.03. The molecule has 4 heteroatoms. The van der Waals surface area contributed by atoms with Crippen LogP contribution < -0.4 is 0 Å². The number of methoxy groups -OCH3 is 1. The Morgan fingerprint density at radius 2 is 2.14 bits per heavy atom. The van der Waals surface area contributed by atoms with Gasteiger partial charge in [-0.1, -0.05) is 22.0 Å². The van der Waals surface area contributed by atoms with Crippen molar-refractivity contribution in [2.75, 3.05) is 7.11 Å². The number of carbonyl (C=O) groups is 1. The summed E-state index contributed by atoms with van der Waals surface area (Å²) in [6, 6.07) is 5.62. The number of esters is 1. The number of alkyl halides is 1. The molecule has 0 heterocycles. The van der Waals surface area contributed by atoms with E-state index >= 15 is 0 Å². The molecule has 1 rings (SSSR count). The molecule has 0 radical (unpaired) electrons. The summed E-state index contributed by atoms with van der Waals surface area (Å²) in [7, 11) is 1.37. The quantitative estimate of drug-likeness (QED) is 0.613. The fourth-order valence-electron chi connectivity index (χ4n) is 1.06. The fraction of sp³-hybridized carbons (Fsp3) is 0.300. The van der Waals surface area contributed by atoms with Gasteiger partial charge in [-0.2, -0.15) is 0 Å². The van der Waals surface area contributed by atoms with Crippen LogP contribution in [0.5, 0.6) is 0 Å². The summed E-state index contributed by atoms with van der Waals surface area (Å²) in [5.74, 6) is -0.327. The summed E-state index contributed by atoms with van der Waals surface area (Å²) in [5, 5.41) is 0. The predicted molar refractivity (Wildman–Crippen MR) is 62.8 cm³/mol. The van der Waals surface area contributed by atoms with Crippen LogP contribution in [0.15, 0.2) is 22.7 Å². The molecule has 2 nitrogen and oxygen atoms in total. The number of hydrogen-bond donors (Lipinski definition) is 0. The number of hydrogen-bond acceptors (Lipinski definition) is 2. The van der Waals surface area contributed by atoms with Gasteiger partial charge < -0.3 is 4.74 Å². The van der Waals surface area contributed by atoms with Gasteiger partial charge in [-0.15, -0.1) is 0 Å². The largest absolute Gasteiger partial charge is 0.465 e. The van der Waals surface area contributed by atoms with Crippen LogP contribution >= 0.6 is 31.9 Å². The summed E-state index contributed by atoms with van der Waals surface area (Å²) in [6.45, 7) is 2.00. The Morgan fingerprint density at radius 1 is 1.50 bits per heavy atom. The van der Waals surface area contributed by atoms with Crippen LogP contribution in [0.3, 0.4) is 0 Å². The van der Waals surface area contributed by atoms with Crippen molar-refractivity contribution in [3.8, 4) is 0 Å². The lowest BCUT2D eigenvalue weighted by molar-refractivity contribution is 0.0599. The first-order valence-electron chi connectivity index (χ1n) is 4.08. The highest BCUT2D eigenvalue weighted by molar-refractivity contribution is 9.10. The van der Waals surface area contributed by atoms with Crippen LogP contribution in [0.2, 0.25) is 0 Å². The Bertz CT molecular complexity index is 348. The Morgan fingerprint density at radius 3 is 2.64 bits per heavy atom. The third-order valence-corrected chi connectivity index (χ3v) is 3.08. The first kappa shape index (κ1) is 11.7. The summed E-state index contributed by atoms with van der Waals surface area (Å²) in [5.41, 5.74) is 1.60. The topological polar surface area (TPSA) is 26.3 Å². The number of halogens is 2. The zero-order valence-electron chi connectivity index (χ0n) is 7.88. The molecule has 0 aromatic heterocycles. The zero-order valence-corrected chi connectivity index (χ0v) is 11.1. The summed E-state index contributed by atoms with van der Waals surface area (Å²) in [6.07, 6.45) is 0. The van der Waals surface area contributed by atoms with E-state index in [1.54, 1.807) is 0 Å². The molecular weight excluding hydrogens is 312 g/mol. The normalized spacial score (nSPS) is 12.3. The second-order valence-electron chi connectivity index (χ2n) is 2.85. The first-order valence-corrected chi connectivity index (χ1v) is 5.79. The van der Waals surface area contributed by atoms with E-state index in [9.17, 15) is 4.79 Å². The molecule has 0 saturated carbocycles. The average Bonchev–Trinajstić information content (AvgIpc) is 2.17. The molecule has 0 aliphatic carbocycles. The van der Waals surface area contributed by atoms with Gasteiger partial charge in [0.1, 0.15) is 0 Å². The van der Waals surface area contributed by atoms with E-state index in [1.165, 1.54) is 7.11 Å². The van der Waals surface area contributed by atoms with Gasteiger partial charge in [0.15, 0.2) is 0 Å². The second-order valence-corrected chi connectivity index (χ2v) is 5.07. The summed E-state index contributed by atoms with van der Waals surface area (Å²) in [4.78, 5) is 11.6. The number of rotatable bonds is 2. The van der Waals surface area contributed by atoms with Crippen molar-refractivity contribution >= 4 is 37.8 Å². The highest BCUT2D eigenvalue weighted by Gasteiger charge is 2.12. The molecule has 0 spiro atoms. The van der Waals surface area contributed by atoms with Crippen LogP contribution in [-0.2, 0) is 4.74 Å². The van der Waals surface area contributed by atoms with E-state index in [4.69, 9.17) is 0 Å². The minimum atomic E-state index is -0.327. The van der Waals surface area contributed by atoms with E-state index in [1.807, 2.05) is 25.1 Å². The van der Waals surface area contributed by atoms with Crippen molar-refractivity contribution in [1.82, 2.24) is 0 Å². The molecule has 1 aromatic rings. The van der Waals surface area contributed by atoms with E-state index < -0.39 is 0 Å². The van der Waals surface area contributed by atoms with Gasteiger partial charge in [0.05, 0.1) is 12.7 Å². The lowest BCUT2D eigenvalue weighted by Gasteiger charge is -2.07. The standard InChI is InChI=1S/C10H10Br2O2/c1-6(11)7-3-4-9(12)8(5-7)10(13)14-2/h3-6H,1-2H3. The first-order chi connectivity index (χ1) is 6.56. The smallest absolute Gasteiger partial charge is 0.339 e. The van der Waals surface area contributed by atoms with Gasteiger partial charge in [0, 0.05) is 9.30 Å². The lowest BCUT2D eigenvalue weighted by atomic mass is 10.1. The average molecular weight is 322 g/mol. The Balaban J connectivity index is 3.15. The third kappa shape index (κ3) is 2.58. The van der Waals surface area contributed by atoms with Gasteiger partial charge in [-0.05, 0) is 40.5 Å². The molecular formula is C10H10Br2O2. The number of ether oxygens (including phenoxy) is 1. The molecule has 0 N–H and O–H groups in total. The summed E-state index contributed by atoms with van der Waals surface area (Å²) >= 11 is 6.75. The molecule has 76 valence electrons. The van der Waals surface area contributed by atoms with Gasteiger partial charge in [0.2, 0.25) is 0 Å². The van der Waals surface area contributed by atoms with Crippen molar-refractivity contribution in [1.29, 1.82) is 0 Å². The van der Waals surface area contributed by atoms with Crippen LogP contribution in [-0.4, -0.2) is 13.1 Å². The van der Waals surface area contributed by atoms with E-state index in [-0.39, 0.29) is 10.8 Å². The maximum absolute atomic E-state index is 11.3. The van der Waals surface area contributed by atoms with Crippen molar-refractivity contribution < 1.29 is 9.53 Å². The highest BCUT2D eigenvalue weighted by atomic mass is 79.9. The Hall–Kier alpha value is -0.350. The van der Waals surface area contributed by atoms with Gasteiger partial charge in [-0.3, -0.25) is 0 Å². The van der Waals surface area contributed by atoms with Crippen LogP contribution in [0, 0.1) is 0 Å². The van der Waals surface area contributed by atoms with Crippen molar-refractivity contribution in [3.05, 3.63) is 33.8 Å². The number of benzene rings is 1. The molecule has 0 fully saturated rings. The van der Waals surface area contributed by atoms with E-state index in [0.29, 0.717) is 5.56 Å². The third-order valence-electron chi connectivity index (χ3n) is 1.86. The van der Waals surface area contributed by atoms with Gasteiger partial charge in [-0.25, -0.2) is 4.79 Å². The molecule has 0 bridgehead atoms. The second kappa shape index (κ2) is 4.94. The van der Waals surface area contributed by atoms with Crippen LogP contribution in [0.1, 0.15) is 27.7 Å². The predicted octanol–water partition coefficient (Wildman–Crippen LogP) is 3.69. The fourth-order valence-corrected chi connectivity index (χ4v) is 1.75. The molecule has 0 amide bonds. The Labute approximate surface area is 99.9 Å². The van der Waals surface area contributed by atoms with Gasteiger partial charge >= 0.3 is 5.97 Å². The van der Waals surface area contributed by atoms with Gasteiger partial charge in [0.25, 0.3) is 0 Å². The molecule has 1 aromatic carbocycles. The van der Waals surface area contributed by atoms with E-state index in [0.717, 1.165) is 10.0 Å². The van der Waals surface area contributed by atoms with Crippen molar-refractivity contribution in [2.45, 2.75) is 11.8 Å². The van der Waals surface area contributed by atoms with Crippen LogP contribution in [0.4, 0.5) is 0 Å². The van der Waals surface area contributed by atoms with E-state index in [2.05, 4.69) is 36.6 Å². The zero-order chi connectivity index (χ0) is 10.7.